The van der Waals surface area contributed by atoms with Crippen LogP contribution >= 0.6 is 0 Å². The lowest BCUT2D eigenvalue weighted by Gasteiger charge is -2.35. The normalized spacial score (nSPS) is 24.0. The Hall–Kier alpha value is -0.930. The number of nitrogens with zero attached hydrogens (tertiary/aromatic N) is 1. The first-order valence-electron chi connectivity index (χ1n) is 7.27. The van der Waals surface area contributed by atoms with Gasteiger partial charge in [0.25, 0.3) is 10.1 Å². The van der Waals surface area contributed by atoms with E-state index in [0.717, 1.165) is 0 Å². The zero-order chi connectivity index (χ0) is 17.0. The van der Waals surface area contributed by atoms with Gasteiger partial charge >= 0.3 is 6.09 Å². The fraction of sp³-hybridized carbons (Fsp3) is 0.923. The molecule has 0 aromatic heterocycles. The van der Waals surface area contributed by atoms with Gasteiger partial charge in [0.05, 0.1) is 11.8 Å². The predicted molar refractivity (Wildman–Crippen MR) is 80.1 cm³/mol. The van der Waals surface area contributed by atoms with Crippen LogP contribution in [0.5, 0.6) is 0 Å². The summed E-state index contributed by atoms with van der Waals surface area (Å²) >= 11 is 0. The van der Waals surface area contributed by atoms with Gasteiger partial charge < -0.3 is 15.0 Å². The molecule has 0 unspecified atom stereocenters. The zero-order valence-electron chi connectivity index (χ0n) is 13.2. The SMILES string of the molecule is CC(C)(C)OC(=O)N[C@@H]1CCN(CCCS(=O)(=O)O)C[C@@H]1F. The van der Waals surface area contributed by atoms with E-state index in [1.807, 2.05) is 0 Å². The molecule has 2 N–H and O–H groups in total. The number of rotatable bonds is 5. The summed E-state index contributed by atoms with van der Waals surface area (Å²) < 4.78 is 49.1. The molecule has 9 heteroatoms. The highest BCUT2D eigenvalue weighted by Crippen LogP contribution is 2.16. The van der Waals surface area contributed by atoms with Gasteiger partial charge in [0.1, 0.15) is 11.8 Å². The first kappa shape index (κ1) is 19.1. The first-order chi connectivity index (χ1) is 9.96. The van der Waals surface area contributed by atoms with Crippen LogP contribution in [0.25, 0.3) is 0 Å². The van der Waals surface area contributed by atoms with E-state index in [1.54, 1.807) is 25.7 Å². The molecule has 0 aliphatic carbocycles. The Bertz CT molecular complexity index is 477. The van der Waals surface area contributed by atoms with E-state index in [9.17, 15) is 17.6 Å². The molecule has 130 valence electrons. The van der Waals surface area contributed by atoms with Gasteiger partial charge in [0.2, 0.25) is 0 Å². The van der Waals surface area contributed by atoms with E-state index in [-0.39, 0.29) is 18.7 Å². The number of likely N-dealkylation sites (tertiary alicyclic amines) is 1. The van der Waals surface area contributed by atoms with Crippen molar-refractivity contribution in [3.8, 4) is 0 Å². The fourth-order valence-electron chi connectivity index (χ4n) is 2.26. The lowest BCUT2D eigenvalue weighted by atomic mass is 10.0. The number of ether oxygens (including phenoxy) is 1. The van der Waals surface area contributed by atoms with E-state index in [1.165, 1.54) is 0 Å². The smallest absolute Gasteiger partial charge is 0.407 e. The number of alkyl carbamates (subject to hydrolysis) is 1. The second-order valence-corrected chi connectivity index (χ2v) is 8.07. The molecule has 0 bridgehead atoms. The van der Waals surface area contributed by atoms with Crippen LogP contribution in [0.15, 0.2) is 0 Å². The maximum Gasteiger partial charge on any atom is 0.407 e. The standard InChI is InChI=1S/C13H25FN2O5S/c1-13(2,3)21-12(17)15-11-5-7-16(9-10(11)14)6-4-8-22(18,19)20/h10-11H,4-9H2,1-3H3,(H,15,17)(H,18,19,20)/t10-,11+/m0/s1. The minimum Gasteiger partial charge on any atom is -0.444 e. The van der Waals surface area contributed by atoms with Crippen molar-refractivity contribution in [2.75, 3.05) is 25.4 Å². The van der Waals surface area contributed by atoms with Gasteiger partial charge in [-0.25, -0.2) is 9.18 Å². The monoisotopic (exact) mass is 340 g/mol. The Morgan fingerprint density at radius 2 is 2.09 bits per heavy atom. The Morgan fingerprint density at radius 3 is 2.59 bits per heavy atom. The van der Waals surface area contributed by atoms with E-state index < -0.39 is 34.0 Å². The summed E-state index contributed by atoms with van der Waals surface area (Å²) in [5.74, 6) is -0.333. The van der Waals surface area contributed by atoms with Gasteiger partial charge in [-0.3, -0.25) is 4.55 Å². The highest BCUT2D eigenvalue weighted by Gasteiger charge is 2.31. The van der Waals surface area contributed by atoms with Gasteiger partial charge in [0.15, 0.2) is 0 Å². The van der Waals surface area contributed by atoms with Crippen LogP contribution in [-0.2, 0) is 14.9 Å². The summed E-state index contributed by atoms with van der Waals surface area (Å²) in [6.45, 7) is 6.25. The van der Waals surface area contributed by atoms with Crippen molar-refractivity contribution in [1.29, 1.82) is 0 Å². The topological polar surface area (TPSA) is 95.9 Å². The van der Waals surface area contributed by atoms with Gasteiger partial charge in [-0.05, 0) is 40.2 Å². The van der Waals surface area contributed by atoms with E-state index >= 15 is 0 Å². The minimum absolute atomic E-state index is 0.117. The van der Waals surface area contributed by atoms with Crippen LogP contribution in [0, 0.1) is 0 Å². The molecule has 1 aliphatic rings. The summed E-state index contributed by atoms with van der Waals surface area (Å²) in [5, 5.41) is 2.53. The molecular formula is C13H25FN2O5S. The molecule has 0 aromatic carbocycles. The fourth-order valence-corrected chi connectivity index (χ4v) is 2.76. The Morgan fingerprint density at radius 1 is 1.45 bits per heavy atom. The molecule has 1 amide bonds. The molecule has 2 atom stereocenters. The van der Waals surface area contributed by atoms with Crippen molar-refractivity contribution in [3.63, 3.8) is 0 Å². The predicted octanol–water partition coefficient (Wildman–Crippen LogP) is 1.20. The molecule has 1 rings (SSSR count). The van der Waals surface area contributed by atoms with Crippen molar-refractivity contribution in [2.45, 2.75) is 51.4 Å². The van der Waals surface area contributed by atoms with Crippen LogP contribution in [-0.4, -0.2) is 67.2 Å². The number of piperidine rings is 1. The molecule has 0 aromatic rings. The minimum atomic E-state index is -3.98. The number of halogens is 1. The molecule has 1 fully saturated rings. The van der Waals surface area contributed by atoms with Crippen LogP contribution in [0.4, 0.5) is 9.18 Å². The number of alkyl halides is 1. The lowest BCUT2D eigenvalue weighted by molar-refractivity contribution is 0.0398. The molecule has 22 heavy (non-hydrogen) atoms. The molecule has 1 saturated heterocycles. The summed E-state index contributed by atoms with van der Waals surface area (Å²) in [6, 6.07) is -0.604. The maximum absolute atomic E-state index is 14.1. The second-order valence-electron chi connectivity index (χ2n) is 6.50. The molecule has 1 heterocycles. The zero-order valence-corrected chi connectivity index (χ0v) is 14.0. The third-order valence-corrected chi connectivity index (χ3v) is 4.01. The summed E-state index contributed by atoms with van der Waals surface area (Å²) in [4.78, 5) is 13.4. The second kappa shape index (κ2) is 7.56. The average molecular weight is 340 g/mol. The average Bonchev–Trinajstić information content (AvgIpc) is 2.28. The van der Waals surface area contributed by atoms with Crippen molar-refractivity contribution in [3.05, 3.63) is 0 Å². The quantitative estimate of drug-likeness (QED) is 0.730. The molecule has 0 saturated carbocycles. The number of carbonyl (C=O) groups excluding carboxylic acids is 1. The molecule has 1 aliphatic heterocycles. The summed E-state index contributed by atoms with van der Waals surface area (Å²) in [6.07, 6.45) is -1.21. The number of carbonyl (C=O) groups is 1. The molecule has 0 spiro atoms. The summed E-state index contributed by atoms with van der Waals surface area (Å²) in [5.41, 5.74) is -0.633. The van der Waals surface area contributed by atoms with Gasteiger partial charge in [0, 0.05) is 13.1 Å². The van der Waals surface area contributed by atoms with Crippen molar-refractivity contribution in [1.82, 2.24) is 10.2 Å². The van der Waals surface area contributed by atoms with Crippen LogP contribution in [0.3, 0.4) is 0 Å². The van der Waals surface area contributed by atoms with E-state index in [0.29, 0.717) is 19.5 Å². The van der Waals surface area contributed by atoms with Crippen LogP contribution < -0.4 is 5.32 Å². The Balaban J connectivity index is 2.35. The highest BCUT2D eigenvalue weighted by molar-refractivity contribution is 7.85. The Labute approximate surface area is 130 Å². The van der Waals surface area contributed by atoms with Gasteiger partial charge in [-0.2, -0.15) is 8.42 Å². The Kier molecular flexibility index (Phi) is 6.57. The lowest BCUT2D eigenvalue weighted by Crippen LogP contribution is -2.53. The molecule has 7 nitrogen and oxygen atoms in total. The van der Waals surface area contributed by atoms with E-state index in [4.69, 9.17) is 9.29 Å². The highest BCUT2D eigenvalue weighted by atomic mass is 32.2. The third kappa shape index (κ3) is 7.90. The largest absolute Gasteiger partial charge is 0.444 e. The first-order valence-corrected chi connectivity index (χ1v) is 8.88. The van der Waals surface area contributed by atoms with Crippen LogP contribution in [0.1, 0.15) is 33.6 Å². The van der Waals surface area contributed by atoms with Crippen molar-refractivity contribution >= 4 is 16.2 Å². The number of hydrogen-bond donors (Lipinski definition) is 2. The molecule has 0 radical (unpaired) electrons. The van der Waals surface area contributed by atoms with Gasteiger partial charge in [-0.1, -0.05) is 0 Å². The number of amides is 1. The maximum atomic E-state index is 14.1. The summed E-state index contributed by atoms with van der Waals surface area (Å²) in [7, 11) is -3.98. The van der Waals surface area contributed by atoms with Gasteiger partial charge in [-0.15, -0.1) is 0 Å². The number of nitrogens with one attached hydrogen (secondary N) is 1. The molecular weight excluding hydrogens is 315 g/mol. The van der Waals surface area contributed by atoms with Crippen LogP contribution in [0.2, 0.25) is 0 Å². The third-order valence-electron chi connectivity index (χ3n) is 3.20. The van der Waals surface area contributed by atoms with Crippen molar-refractivity contribution < 1.29 is 26.9 Å². The van der Waals surface area contributed by atoms with E-state index in [2.05, 4.69) is 5.32 Å². The van der Waals surface area contributed by atoms with Crippen molar-refractivity contribution in [2.24, 2.45) is 0 Å². The number of hydrogen-bond acceptors (Lipinski definition) is 5.